The second-order valence-corrected chi connectivity index (χ2v) is 6.23. The third kappa shape index (κ3) is 3.66. The van der Waals surface area contributed by atoms with Gasteiger partial charge in [-0.15, -0.1) is 0 Å². The van der Waals surface area contributed by atoms with E-state index < -0.39 is 0 Å². The minimum atomic E-state index is 0.483. The van der Waals surface area contributed by atoms with Crippen LogP contribution in [0, 0.1) is 5.92 Å². The number of rotatable bonds is 7. The van der Waals surface area contributed by atoms with Gasteiger partial charge in [0.15, 0.2) is 0 Å². The zero-order chi connectivity index (χ0) is 13.2. The van der Waals surface area contributed by atoms with Crippen molar-refractivity contribution in [1.82, 2.24) is 15.3 Å². The summed E-state index contributed by atoms with van der Waals surface area (Å²) in [6.45, 7) is 6.29. The monoisotopic (exact) mass is 260 g/mol. The van der Waals surface area contributed by atoms with Gasteiger partial charge in [-0.3, -0.25) is 4.98 Å². The van der Waals surface area contributed by atoms with Gasteiger partial charge in [-0.05, 0) is 31.6 Å². The van der Waals surface area contributed by atoms with Crippen LogP contribution in [0.4, 0.5) is 5.82 Å². The summed E-state index contributed by atoms with van der Waals surface area (Å²) in [6.07, 6.45) is 9.24. The van der Waals surface area contributed by atoms with Crippen molar-refractivity contribution in [2.45, 2.75) is 58.2 Å². The van der Waals surface area contributed by atoms with E-state index in [4.69, 9.17) is 4.98 Å². The molecular formula is C15H24N4. The van der Waals surface area contributed by atoms with Crippen LogP contribution in [0.3, 0.4) is 0 Å². The molecular weight excluding hydrogens is 236 g/mol. The Morgan fingerprint density at radius 1 is 1.26 bits per heavy atom. The molecule has 104 valence electrons. The van der Waals surface area contributed by atoms with Gasteiger partial charge < -0.3 is 10.2 Å². The number of hydrogen-bond acceptors (Lipinski definition) is 4. The van der Waals surface area contributed by atoms with Gasteiger partial charge in [0.2, 0.25) is 0 Å². The van der Waals surface area contributed by atoms with Crippen LogP contribution in [0.5, 0.6) is 0 Å². The Kier molecular flexibility index (Phi) is 3.69. The van der Waals surface area contributed by atoms with Gasteiger partial charge in [0.1, 0.15) is 5.82 Å². The highest BCUT2D eigenvalue weighted by Crippen LogP contribution is 2.36. The molecule has 0 radical (unpaired) electrons. The Hall–Kier alpha value is -1.16. The van der Waals surface area contributed by atoms with Crippen molar-refractivity contribution < 1.29 is 0 Å². The zero-order valence-electron chi connectivity index (χ0n) is 12.0. The first-order valence-electron chi connectivity index (χ1n) is 7.53. The minimum absolute atomic E-state index is 0.483. The molecule has 1 heterocycles. The molecule has 0 aliphatic heterocycles. The molecule has 0 amide bonds. The second kappa shape index (κ2) is 5.45. The highest BCUT2D eigenvalue weighted by Gasteiger charge is 2.34. The van der Waals surface area contributed by atoms with E-state index >= 15 is 0 Å². The third-order valence-corrected chi connectivity index (χ3v) is 3.80. The molecule has 0 unspecified atom stereocenters. The number of hydrogen-bond donors (Lipinski definition) is 1. The van der Waals surface area contributed by atoms with Crippen LogP contribution in [-0.2, 0) is 6.54 Å². The van der Waals surface area contributed by atoms with Crippen molar-refractivity contribution >= 4 is 5.82 Å². The van der Waals surface area contributed by atoms with Crippen LogP contribution in [-0.4, -0.2) is 28.6 Å². The highest BCUT2D eigenvalue weighted by molar-refractivity contribution is 5.40. The van der Waals surface area contributed by atoms with Crippen LogP contribution < -0.4 is 10.2 Å². The van der Waals surface area contributed by atoms with Crippen molar-refractivity contribution in [2.75, 3.05) is 11.4 Å². The average molecular weight is 260 g/mol. The van der Waals surface area contributed by atoms with Crippen LogP contribution in [0.25, 0.3) is 0 Å². The maximum atomic E-state index is 4.79. The Bertz CT molecular complexity index is 424. The Morgan fingerprint density at radius 2 is 2.05 bits per heavy atom. The lowest BCUT2D eigenvalue weighted by Gasteiger charge is -2.23. The summed E-state index contributed by atoms with van der Waals surface area (Å²) in [5.41, 5.74) is 1.05. The van der Waals surface area contributed by atoms with E-state index in [1.807, 2.05) is 12.4 Å². The van der Waals surface area contributed by atoms with E-state index in [1.54, 1.807) is 0 Å². The maximum Gasteiger partial charge on any atom is 0.147 e. The first kappa shape index (κ1) is 12.9. The summed E-state index contributed by atoms with van der Waals surface area (Å²) in [4.78, 5) is 11.7. The highest BCUT2D eigenvalue weighted by atomic mass is 15.2. The second-order valence-electron chi connectivity index (χ2n) is 6.23. The zero-order valence-corrected chi connectivity index (χ0v) is 12.0. The van der Waals surface area contributed by atoms with Crippen LogP contribution in [0.15, 0.2) is 12.4 Å². The predicted molar refractivity (Wildman–Crippen MR) is 77.1 cm³/mol. The molecule has 1 N–H and O–H groups in total. The smallest absolute Gasteiger partial charge is 0.147 e. The number of nitrogens with one attached hydrogen (secondary N) is 1. The normalized spacial score (nSPS) is 18.9. The standard InChI is InChI=1S/C15H24N4/c1-11(2)17-8-13-7-16-9-15(18-13)19(14-5-6-14)10-12-3-4-12/h7,9,11-12,14,17H,3-6,8,10H2,1-2H3. The van der Waals surface area contributed by atoms with Gasteiger partial charge in [0.25, 0.3) is 0 Å². The molecule has 2 saturated carbocycles. The van der Waals surface area contributed by atoms with Crippen molar-refractivity contribution in [1.29, 1.82) is 0 Å². The van der Waals surface area contributed by atoms with Gasteiger partial charge in [-0.1, -0.05) is 13.8 Å². The minimum Gasteiger partial charge on any atom is -0.352 e. The van der Waals surface area contributed by atoms with Gasteiger partial charge in [0, 0.05) is 31.4 Å². The Labute approximate surface area is 115 Å². The molecule has 2 aliphatic carbocycles. The average Bonchev–Trinajstić information content (AvgIpc) is 3.26. The van der Waals surface area contributed by atoms with E-state index in [-0.39, 0.29) is 0 Å². The summed E-state index contributed by atoms with van der Waals surface area (Å²) in [7, 11) is 0. The molecule has 3 rings (SSSR count). The maximum absolute atomic E-state index is 4.79. The molecule has 1 aromatic heterocycles. The number of aromatic nitrogens is 2. The van der Waals surface area contributed by atoms with E-state index in [1.165, 1.54) is 32.2 Å². The molecule has 0 atom stereocenters. The predicted octanol–water partition coefficient (Wildman–Crippen LogP) is 2.35. The quantitative estimate of drug-likeness (QED) is 0.817. The fourth-order valence-electron chi connectivity index (χ4n) is 2.32. The molecule has 4 heteroatoms. The molecule has 0 saturated heterocycles. The molecule has 4 nitrogen and oxygen atoms in total. The van der Waals surface area contributed by atoms with Crippen molar-refractivity contribution in [3.63, 3.8) is 0 Å². The lowest BCUT2D eigenvalue weighted by Crippen LogP contribution is -2.30. The van der Waals surface area contributed by atoms with Crippen molar-refractivity contribution in [3.8, 4) is 0 Å². The van der Waals surface area contributed by atoms with E-state index in [2.05, 4.69) is 29.0 Å². The molecule has 0 bridgehead atoms. The third-order valence-electron chi connectivity index (χ3n) is 3.80. The van der Waals surface area contributed by atoms with E-state index in [0.29, 0.717) is 6.04 Å². The summed E-state index contributed by atoms with van der Waals surface area (Å²) < 4.78 is 0. The molecule has 0 aromatic carbocycles. The van der Waals surface area contributed by atoms with E-state index in [0.717, 1.165) is 30.0 Å². The SMILES string of the molecule is CC(C)NCc1cncc(N(CC2CC2)C2CC2)n1. The van der Waals surface area contributed by atoms with Gasteiger partial charge in [0.05, 0.1) is 11.9 Å². The fourth-order valence-corrected chi connectivity index (χ4v) is 2.32. The van der Waals surface area contributed by atoms with Gasteiger partial charge in [-0.25, -0.2) is 4.98 Å². The van der Waals surface area contributed by atoms with Gasteiger partial charge >= 0.3 is 0 Å². The van der Waals surface area contributed by atoms with Crippen LogP contribution in [0.1, 0.15) is 45.2 Å². The molecule has 0 spiro atoms. The number of anilines is 1. The largest absolute Gasteiger partial charge is 0.352 e. The number of nitrogens with zero attached hydrogens (tertiary/aromatic N) is 3. The van der Waals surface area contributed by atoms with Crippen LogP contribution >= 0.6 is 0 Å². The Balaban J connectivity index is 1.68. The summed E-state index contributed by atoms with van der Waals surface area (Å²) in [6, 6.07) is 1.21. The first-order valence-corrected chi connectivity index (χ1v) is 7.53. The fraction of sp³-hybridized carbons (Fsp3) is 0.733. The molecule has 2 aliphatic rings. The molecule has 2 fully saturated rings. The summed E-state index contributed by atoms with van der Waals surface area (Å²) in [5, 5.41) is 3.40. The Morgan fingerprint density at radius 3 is 2.68 bits per heavy atom. The molecule has 1 aromatic rings. The first-order chi connectivity index (χ1) is 9.22. The summed E-state index contributed by atoms with van der Waals surface area (Å²) >= 11 is 0. The van der Waals surface area contributed by atoms with E-state index in [9.17, 15) is 0 Å². The lowest BCUT2D eigenvalue weighted by atomic mass is 10.3. The molecule has 19 heavy (non-hydrogen) atoms. The van der Waals surface area contributed by atoms with Crippen molar-refractivity contribution in [2.24, 2.45) is 5.92 Å². The van der Waals surface area contributed by atoms with Gasteiger partial charge in [-0.2, -0.15) is 0 Å². The van der Waals surface area contributed by atoms with Crippen LogP contribution in [0.2, 0.25) is 0 Å². The summed E-state index contributed by atoms with van der Waals surface area (Å²) in [5.74, 6) is 1.98. The van der Waals surface area contributed by atoms with Crippen molar-refractivity contribution in [3.05, 3.63) is 18.1 Å². The topological polar surface area (TPSA) is 41.1 Å². The lowest BCUT2D eigenvalue weighted by molar-refractivity contribution is 0.579.